The zero-order valence-corrected chi connectivity index (χ0v) is 21.5. The standard InChI is InChI=1S/C25H35IN2O3/c1-16(2)23-22(24(29)17(3)18(4)28-23)14-27-31-21-10-12-25(5,13-11-21)30-15-19-6-8-20(26)9-7-19/h6-9,16,21,27H,10-15H2,1-5H3,(H,28,29). The Morgan fingerprint density at radius 1 is 1.19 bits per heavy atom. The van der Waals surface area contributed by atoms with Gasteiger partial charge in [-0.05, 0) is 92.7 Å². The van der Waals surface area contributed by atoms with Gasteiger partial charge in [0.15, 0.2) is 5.43 Å². The van der Waals surface area contributed by atoms with Crippen LogP contribution in [0.2, 0.25) is 0 Å². The lowest BCUT2D eigenvalue weighted by Crippen LogP contribution is -2.38. The average Bonchev–Trinajstić information content (AvgIpc) is 2.74. The Hall–Kier alpha value is -1.22. The van der Waals surface area contributed by atoms with Crippen molar-refractivity contribution in [1.29, 1.82) is 0 Å². The Morgan fingerprint density at radius 2 is 1.84 bits per heavy atom. The van der Waals surface area contributed by atoms with Gasteiger partial charge >= 0.3 is 0 Å². The molecule has 1 aromatic heterocycles. The maximum absolute atomic E-state index is 12.8. The number of ether oxygens (including phenoxy) is 1. The second-order valence-electron chi connectivity index (χ2n) is 9.25. The Kier molecular flexibility index (Phi) is 8.35. The minimum absolute atomic E-state index is 0.108. The molecule has 0 spiro atoms. The molecule has 0 aliphatic heterocycles. The van der Waals surface area contributed by atoms with Crippen LogP contribution in [0.5, 0.6) is 0 Å². The minimum Gasteiger partial charge on any atom is -0.371 e. The maximum Gasteiger partial charge on any atom is 0.189 e. The highest BCUT2D eigenvalue weighted by Crippen LogP contribution is 2.33. The first kappa shape index (κ1) is 24.4. The van der Waals surface area contributed by atoms with Crippen molar-refractivity contribution in [2.24, 2.45) is 0 Å². The molecule has 1 aromatic carbocycles. The van der Waals surface area contributed by atoms with E-state index in [0.29, 0.717) is 13.2 Å². The molecular formula is C25H35IN2O3. The number of hydrogen-bond donors (Lipinski definition) is 2. The third-order valence-electron chi connectivity index (χ3n) is 6.39. The van der Waals surface area contributed by atoms with Crippen LogP contribution in [0.3, 0.4) is 0 Å². The fourth-order valence-electron chi connectivity index (χ4n) is 4.09. The molecule has 6 heteroatoms. The van der Waals surface area contributed by atoms with Gasteiger partial charge in [0, 0.05) is 26.1 Å². The van der Waals surface area contributed by atoms with Crippen LogP contribution < -0.4 is 10.9 Å². The minimum atomic E-state index is -0.112. The molecule has 31 heavy (non-hydrogen) atoms. The van der Waals surface area contributed by atoms with Crippen LogP contribution >= 0.6 is 22.6 Å². The lowest BCUT2D eigenvalue weighted by molar-refractivity contribution is -0.115. The maximum atomic E-state index is 12.8. The van der Waals surface area contributed by atoms with E-state index in [-0.39, 0.29) is 23.1 Å². The number of hydroxylamine groups is 1. The molecule has 3 rings (SSSR count). The Labute approximate surface area is 199 Å². The van der Waals surface area contributed by atoms with Gasteiger partial charge in [-0.3, -0.25) is 9.63 Å². The summed E-state index contributed by atoms with van der Waals surface area (Å²) in [7, 11) is 0. The van der Waals surface area contributed by atoms with E-state index in [1.807, 2.05) is 13.8 Å². The number of hydrogen-bond acceptors (Lipinski definition) is 4. The molecule has 0 bridgehead atoms. The fourth-order valence-corrected chi connectivity index (χ4v) is 4.45. The summed E-state index contributed by atoms with van der Waals surface area (Å²) in [5.41, 5.74) is 7.77. The number of pyridine rings is 1. The van der Waals surface area contributed by atoms with Crippen molar-refractivity contribution in [2.75, 3.05) is 0 Å². The molecule has 1 fully saturated rings. The van der Waals surface area contributed by atoms with E-state index in [4.69, 9.17) is 9.57 Å². The number of aromatic nitrogens is 1. The van der Waals surface area contributed by atoms with Crippen LogP contribution in [-0.2, 0) is 22.7 Å². The lowest BCUT2D eigenvalue weighted by atomic mass is 9.84. The first-order valence-corrected chi connectivity index (χ1v) is 12.3. The number of nitrogens with one attached hydrogen (secondary N) is 2. The summed E-state index contributed by atoms with van der Waals surface area (Å²) >= 11 is 2.32. The van der Waals surface area contributed by atoms with Crippen molar-refractivity contribution >= 4 is 22.6 Å². The van der Waals surface area contributed by atoms with E-state index in [1.54, 1.807) is 0 Å². The van der Waals surface area contributed by atoms with Crippen molar-refractivity contribution in [2.45, 2.75) is 91.1 Å². The molecule has 0 unspecified atom stereocenters. The van der Waals surface area contributed by atoms with Crippen LogP contribution in [0.4, 0.5) is 0 Å². The third kappa shape index (κ3) is 6.40. The van der Waals surface area contributed by atoms with Gasteiger partial charge in [-0.15, -0.1) is 0 Å². The molecule has 1 aliphatic rings. The lowest BCUT2D eigenvalue weighted by Gasteiger charge is -2.37. The van der Waals surface area contributed by atoms with Crippen molar-refractivity contribution in [3.8, 4) is 0 Å². The number of halogens is 1. The van der Waals surface area contributed by atoms with Gasteiger partial charge in [-0.25, -0.2) is 0 Å². The van der Waals surface area contributed by atoms with Gasteiger partial charge in [-0.1, -0.05) is 26.0 Å². The molecule has 1 saturated carbocycles. The van der Waals surface area contributed by atoms with Gasteiger partial charge < -0.3 is 9.72 Å². The topological polar surface area (TPSA) is 63.4 Å². The highest BCUT2D eigenvalue weighted by Gasteiger charge is 2.32. The van der Waals surface area contributed by atoms with Gasteiger partial charge in [0.05, 0.1) is 24.9 Å². The number of aromatic amines is 1. The quantitative estimate of drug-likeness (QED) is 0.337. The molecule has 1 aliphatic carbocycles. The van der Waals surface area contributed by atoms with Crippen LogP contribution in [0.1, 0.15) is 80.5 Å². The van der Waals surface area contributed by atoms with Gasteiger partial charge in [0.1, 0.15) is 0 Å². The van der Waals surface area contributed by atoms with Gasteiger partial charge in [0.25, 0.3) is 0 Å². The summed E-state index contributed by atoms with van der Waals surface area (Å²) in [6, 6.07) is 8.49. The number of benzene rings is 1. The average molecular weight is 538 g/mol. The molecule has 2 aromatic rings. The molecule has 170 valence electrons. The second-order valence-corrected chi connectivity index (χ2v) is 10.5. The largest absolute Gasteiger partial charge is 0.371 e. The van der Waals surface area contributed by atoms with E-state index >= 15 is 0 Å². The summed E-state index contributed by atoms with van der Waals surface area (Å²) in [5, 5.41) is 0. The fraction of sp³-hybridized carbons (Fsp3) is 0.560. The van der Waals surface area contributed by atoms with Crippen LogP contribution in [0, 0.1) is 17.4 Å². The molecule has 0 amide bonds. The summed E-state index contributed by atoms with van der Waals surface area (Å²) in [4.78, 5) is 22.1. The third-order valence-corrected chi connectivity index (χ3v) is 7.11. The summed E-state index contributed by atoms with van der Waals surface area (Å²) in [6.07, 6.45) is 3.95. The zero-order chi connectivity index (χ0) is 22.6. The first-order chi connectivity index (χ1) is 14.7. The second kappa shape index (κ2) is 10.6. The van der Waals surface area contributed by atoms with E-state index in [1.165, 1.54) is 9.13 Å². The predicted molar refractivity (Wildman–Crippen MR) is 133 cm³/mol. The summed E-state index contributed by atoms with van der Waals surface area (Å²) in [6.45, 7) is 11.3. The van der Waals surface area contributed by atoms with Crippen molar-refractivity contribution in [1.82, 2.24) is 10.5 Å². The monoisotopic (exact) mass is 538 g/mol. The zero-order valence-electron chi connectivity index (χ0n) is 19.3. The highest BCUT2D eigenvalue weighted by molar-refractivity contribution is 14.1. The summed E-state index contributed by atoms with van der Waals surface area (Å²) < 4.78 is 7.51. The van der Waals surface area contributed by atoms with E-state index in [0.717, 1.165) is 48.2 Å². The highest BCUT2D eigenvalue weighted by atomic mass is 127. The predicted octanol–water partition coefficient (Wildman–Crippen LogP) is 5.66. The number of H-pyrrole nitrogens is 1. The van der Waals surface area contributed by atoms with E-state index in [9.17, 15) is 4.79 Å². The molecular weight excluding hydrogens is 503 g/mol. The van der Waals surface area contributed by atoms with Crippen molar-refractivity contribution in [3.63, 3.8) is 0 Å². The van der Waals surface area contributed by atoms with E-state index < -0.39 is 0 Å². The smallest absolute Gasteiger partial charge is 0.189 e. The molecule has 0 radical (unpaired) electrons. The van der Waals surface area contributed by atoms with Crippen LogP contribution in [-0.4, -0.2) is 16.7 Å². The Balaban J connectivity index is 1.49. The Bertz CT molecular complexity index is 929. The molecule has 2 N–H and O–H groups in total. The van der Waals surface area contributed by atoms with Crippen LogP contribution in [0.25, 0.3) is 0 Å². The SMILES string of the molecule is Cc1[nH]c(C(C)C)c(CNOC2CCC(C)(OCc3ccc(I)cc3)CC2)c(=O)c1C. The molecule has 5 nitrogen and oxygen atoms in total. The normalized spacial score (nSPS) is 21.6. The number of rotatable bonds is 8. The van der Waals surface area contributed by atoms with Crippen LogP contribution in [0.15, 0.2) is 29.1 Å². The molecule has 0 atom stereocenters. The first-order valence-electron chi connectivity index (χ1n) is 11.2. The summed E-state index contributed by atoms with van der Waals surface area (Å²) in [5.74, 6) is 0.254. The van der Waals surface area contributed by atoms with Gasteiger partial charge in [-0.2, -0.15) is 5.48 Å². The van der Waals surface area contributed by atoms with Crippen molar-refractivity contribution < 1.29 is 9.57 Å². The molecule has 1 heterocycles. The van der Waals surface area contributed by atoms with Crippen molar-refractivity contribution in [3.05, 3.63) is 66.1 Å². The van der Waals surface area contributed by atoms with Gasteiger partial charge in [0.2, 0.25) is 0 Å². The van der Waals surface area contributed by atoms with E-state index in [2.05, 4.69) is 78.1 Å². The molecule has 0 saturated heterocycles. The Morgan fingerprint density at radius 3 is 2.45 bits per heavy atom. The number of aryl methyl sites for hydroxylation is 1.